The minimum atomic E-state index is 0.570. The molecule has 1 heterocycles. The van der Waals surface area contributed by atoms with Crippen LogP contribution in [0, 0.1) is 0 Å². The number of rotatable bonds is 4. The highest BCUT2D eigenvalue weighted by Crippen LogP contribution is 2.27. The third-order valence-corrected chi connectivity index (χ3v) is 2.75. The average Bonchev–Trinajstić information content (AvgIpc) is 2.35. The predicted molar refractivity (Wildman–Crippen MR) is 75.9 cm³/mol. The maximum absolute atomic E-state index is 6.07. The van der Waals surface area contributed by atoms with Gasteiger partial charge in [0.05, 0.1) is 10.7 Å². The Hall–Kier alpha value is -1.52. The van der Waals surface area contributed by atoms with E-state index < -0.39 is 0 Å². The van der Waals surface area contributed by atoms with E-state index in [1.165, 1.54) is 0 Å². The van der Waals surface area contributed by atoms with Crippen LogP contribution < -0.4 is 10.6 Å². The fraction of sp³-hybridized carbons (Fsp3) is 0.167. The third-order valence-electron chi connectivity index (χ3n) is 2.18. The van der Waals surface area contributed by atoms with Gasteiger partial charge in [-0.3, -0.25) is 0 Å². The summed E-state index contributed by atoms with van der Waals surface area (Å²) in [7, 11) is 0. The lowest BCUT2D eigenvalue weighted by Crippen LogP contribution is -2.03. The van der Waals surface area contributed by atoms with Crippen molar-refractivity contribution >= 4 is 40.7 Å². The van der Waals surface area contributed by atoms with Gasteiger partial charge in [-0.25, -0.2) is 4.98 Å². The normalized spacial score (nSPS) is 10.2. The Balaban J connectivity index is 2.22. The van der Waals surface area contributed by atoms with Crippen LogP contribution in [0.3, 0.4) is 0 Å². The molecule has 0 atom stereocenters. The second-order valence-electron chi connectivity index (χ2n) is 3.54. The Labute approximate surface area is 115 Å². The van der Waals surface area contributed by atoms with Crippen LogP contribution >= 0.6 is 23.2 Å². The van der Waals surface area contributed by atoms with Crippen molar-refractivity contribution in [2.75, 3.05) is 17.2 Å². The summed E-state index contributed by atoms with van der Waals surface area (Å²) < 4.78 is 0. The molecule has 94 valence electrons. The van der Waals surface area contributed by atoms with Crippen molar-refractivity contribution in [3.8, 4) is 0 Å². The Morgan fingerprint density at radius 1 is 1.22 bits per heavy atom. The van der Waals surface area contributed by atoms with Crippen LogP contribution in [0.25, 0.3) is 0 Å². The van der Waals surface area contributed by atoms with Gasteiger partial charge in [0.25, 0.3) is 0 Å². The summed E-state index contributed by atoms with van der Waals surface area (Å²) in [5.74, 6) is 1.23. The maximum Gasteiger partial charge on any atom is 0.224 e. The summed E-state index contributed by atoms with van der Waals surface area (Å²) in [6, 6.07) is 6.98. The number of nitrogens with one attached hydrogen (secondary N) is 2. The molecule has 6 heteroatoms. The van der Waals surface area contributed by atoms with Crippen molar-refractivity contribution in [2.45, 2.75) is 6.92 Å². The number of nitrogens with zero attached hydrogens (tertiary/aromatic N) is 2. The molecule has 1 aromatic carbocycles. The molecular weight excluding hydrogens is 271 g/mol. The number of hydrogen-bond acceptors (Lipinski definition) is 4. The van der Waals surface area contributed by atoms with E-state index in [9.17, 15) is 0 Å². The largest absolute Gasteiger partial charge is 0.354 e. The number of benzene rings is 1. The zero-order chi connectivity index (χ0) is 13.0. The molecule has 0 fully saturated rings. The highest BCUT2D eigenvalue weighted by atomic mass is 35.5. The first kappa shape index (κ1) is 12.9. The summed E-state index contributed by atoms with van der Waals surface area (Å²) in [5.41, 5.74) is 0.713. The first-order chi connectivity index (χ1) is 8.69. The lowest BCUT2D eigenvalue weighted by atomic mass is 10.3. The fourth-order valence-electron chi connectivity index (χ4n) is 1.40. The molecule has 0 aliphatic carbocycles. The van der Waals surface area contributed by atoms with E-state index in [1.807, 2.05) is 6.92 Å². The number of anilines is 3. The van der Waals surface area contributed by atoms with Crippen LogP contribution in [0.15, 0.2) is 30.5 Å². The molecule has 0 bridgehead atoms. The third kappa shape index (κ3) is 3.24. The Kier molecular flexibility index (Phi) is 4.23. The monoisotopic (exact) mass is 282 g/mol. The molecular formula is C12H12Cl2N4. The SMILES string of the molecule is CCNc1nccc(Nc2cc(Cl)ccc2Cl)n1. The molecule has 2 aromatic rings. The van der Waals surface area contributed by atoms with Gasteiger partial charge in [-0.2, -0.15) is 4.98 Å². The Morgan fingerprint density at radius 3 is 2.83 bits per heavy atom. The van der Waals surface area contributed by atoms with Crippen molar-refractivity contribution in [3.05, 3.63) is 40.5 Å². The van der Waals surface area contributed by atoms with E-state index in [-0.39, 0.29) is 0 Å². The quantitative estimate of drug-likeness (QED) is 0.891. The predicted octanol–water partition coefficient (Wildman–Crippen LogP) is 3.96. The topological polar surface area (TPSA) is 49.8 Å². The van der Waals surface area contributed by atoms with Gasteiger partial charge in [-0.05, 0) is 31.2 Å². The highest BCUT2D eigenvalue weighted by Gasteiger charge is 2.03. The van der Waals surface area contributed by atoms with E-state index in [0.717, 1.165) is 6.54 Å². The van der Waals surface area contributed by atoms with Crippen LogP contribution in [-0.2, 0) is 0 Å². The molecule has 0 saturated carbocycles. The second-order valence-corrected chi connectivity index (χ2v) is 4.39. The van der Waals surface area contributed by atoms with Gasteiger partial charge < -0.3 is 10.6 Å². The first-order valence-electron chi connectivity index (χ1n) is 5.48. The summed E-state index contributed by atoms with van der Waals surface area (Å²) >= 11 is 12.0. The zero-order valence-electron chi connectivity index (χ0n) is 9.74. The van der Waals surface area contributed by atoms with Crippen molar-refractivity contribution < 1.29 is 0 Å². The molecule has 0 spiro atoms. The number of halogens is 2. The van der Waals surface area contributed by atoms with Crippen LogP contribution in [0.1, 0.15) is 6.92 Å². The van der Waals surface area contributed by atoms with Gasteiger partial charge in [0.1, 0.15) is 5.82 Å². The van der Waals surface area contributed by atoms with Gasteiger partial charge in [0.2, 0.25) is 5.95 Å². The summed E-state index contributed by atoms with van der Waals surface area (Å²) in [6.45, 7) is 2.75. The smallest absolute Gasteiger partial charge is 0.224 e. The molecule has 18 heavy (non-hydrogen) atoms. The van der Waals surface area contributed by atoms with Gasteiger partial charge in [0.15, 0.2) is 0 Å². The maximum atomic E-state index is 6.07. The molecule has 0 unspecified atom stereocenters. The van der Waals surface area contributed by atoms with Crippen LogP contribution in [-0.4, -0.2) is 16.5 Å². The molecule has 0 amide bonds. The van der Waals surface area contributed by atoms with E-state index in [1.54, 1.807) is 30.5 Å². The van der Waals surface area contributed by atoms with Crippen LogP contribution in [0.4, 0.5) is 17.5 Å². The van der Waals surface area contributed by atoms with Gasteiger partial charge in [-0.15, -0.1) is 0 Å². The average molecular weight is 283 g/mol. The number of aromatic nitrogens is 2. The van der Waals surface area contributed by atoms with Crippen LogP contribution in [0.2, 0.25) is 10.0 Å². The Bertz CT molecular complexity index is 545. The standard InChI is InChI=1S/C12H12Cl2N4/c1-2-15-12-16-6-5-11(18-12)17-10-7-8(13)3-4-9(10)14/h3-7H,2H2,1H3,(H2,15,16,17,18). The van der Waals surface area contributed by atoms with Gasteiger partial charge >= 0.3 is 0 Å². The molecule has 1 aromatic heterocycles. The lowest BCUT2D eigenvalue weighted by Gasteiger charge is -2.09. The van der Waals surface area contributed by atoms with Gasteiger partial charge in [-0.1, -0.05) is 23.2 Å². The molecule has 0 radical (unpaired) electrons. The van der Waals surface area contributed by atoms with E-state index in [2.05, 4.69) is 20.6 Å². The van der Waals surface area contributed by atoms with Crippen molar-refractivity contribution in [1.29, 1.82) is 0 Å². The summed E-state index contributed by atoms with van der Waals surface area (Å²) in [6.07, 6.45) is 1.67. The highest BCUT2D eigenvalue weighted by molar-refractivity contribution is 6.35. The second kappa shape index (κ2) is 5.89. The molecule has 0 aliphatic rings. The minimum absolute atomic E-state index is 0.570. The van der Waals surface area contributed by atoms with Crippen LogP contribution in [0.5, 0.6) is 0 Å². The minimum Gasteiger partial charge on any atom is -0.354 e. The van der Waals surface area contributed by atoms with E-state index in [4.69, 9.17) is 23.2 Å². The summed E-state index contributed by atoms with van der Waals surface area (Å²) in [4.78, 5) is 8.38. The lowest BCUT2D eigenvalue weighted by molar-refractivity contribution is 1.09. The zero-order valence-corrected chi connectivity index (χ0v) is 11.3. The number of hydrogen-bond donors (Lipinski definition) is 2. The molecule has 2 N–H and O–H groups in total. The van der Waals surface area contributed by atoms with Crippen molar-refractivity contribution in [1.82, 2.24) is 9.97 Å². The molecule has 4 nitrogen and oxygen atoms in total. The van der Waals surface area contributed by atoms with Crippen molar-refractivity contribution in [3.63, 3.8) is 0 Å². The molecule has 2 rings (SSSR count). The Morgan fingerprint density at radius 2 is 2.06 bits per heavy atom. The first-order valence-corrected chi connectivity index (χ1v) is 6.23. The van der Waals surface area contributed by atoms with E-state index in [0.29, 0.717) is 27.5 Å². The molecule has 0 saturated heterocycles. The summed E-state index contributed by atoms with van der Waals surface area (Å²) in [5, 5.41) is 7.34. The van der Waals surface area contributed by atoms with Crippen molar-refractivity contribution in [2.24, 2.45) is 0 Å². The van der Waals surface area contributed by atoms with E-state index >= 15 is 0 Å². The van der Waals surface area contributed by atoms with Gasteiger partial charge in [0, 0.05) is 17.8 Å². The molecule has 0 aliphatic heterocycles. The fourth-order valence-corrected chi connectivity index (χ4v) is 1.74.